The average molecular weight is 225 g/mol. The molecule has 1 rings (SSSR count). The Morgan fingerprint density at radius 2 is 2.20 bits per heavy atom. The van der Waals surface area contributed by atoms with Crippen LogP contribution in [0.4, 0.5) is 0 Å². The summed E-state index contributed by atoms with van der Waals surface area (Å²) in [6, 6.07) is 7.81. The number of benzene rings is 1. The molecule has 0 aliphatic rings. The minimum atomic E-state index is -0.804. The van der Waals surface area contributed by atoms with Crippen LogP contribution in [0.1, 0.15) is 17.9 Å². The van der Waals surface area contributed by atoms with Gasteiger partial charge in [0.1, 0.15) is 0 Å². The van der Waals surface area contributed by atoms with E-state index in [1.807, 2.05) is 30.5 Å². The Morgan fingerprint density at radius 3 is 2.73 bits per heavy atom. The highest BCUT2D eigenvalue weighted by atomic mass is 32.2. The van der Waals surface area contributed by atoms with Crippen molar-refractivity contribution in [1.29, 1.82) is 0 Å². The second-order valence-electron chi connectivity index (χ2n) is 3.27. The molecular weight excluding hydrogens is 210 g/mol. The summed E-state index contributed by atoms with van der Waals surface area (Å²) in [5.41, 5.74) is 6.64. The van der Waals surface area contributed by atoms with Crippen molar-refractivity contribution >= 4 is 17.7 Å². The predicted molar refractivity (Wildman–Crippen MR) is 62.3 cm³/mol. The Labute approximate surface area is 93.7 Å². The summed E-state index contributed by atoms with van der Waals surface area (Å²) >= 11 is 1.62. The SMILES string of the molecule is CSc1ccccc1C(CN)CC(=O)O. The summed E-state index contributed by atoms with van der Waals surface area (Å²) < 4.78 is 0. The first-order chi connectivity index (χ1) is 7.19. The van der Waals surface area contributed by atoms with Gasteiger partial charge in [-0.15, -0.1) is 11.8 Å². The molecule has 82 valence electrons. The van der Waals surface area contributed by atoms with Gasteiger partial charge in [0, 0.05) is 10.8 Å². The lowest BCUT2D eigenvalue weighted by Crippen LogP contribution is -2.16. The van der Waals surface area contributed by atoms with Gasteiger partial charge < -0.3 is 10.8 Å². The van der Waals surface area contributed by atoms with Crippen molar-refractivity contribution in [3.05, 3.63) is 29.8 Å². The molecule has 0 amide bonds. The number of hydrogen-bond donors (Lipinski definition) is 2. The molecule has 15 heavy (non-hydrogen) atoms. The number of aliphatic carboxylic acids is 1. The number of thioether (sulfide) groups is 1. The molecule has 0 saturated heterocycles. The van der Waals surface area contributed by atoms with E-state index in [9.17, 15) is 4.79 Å². The summed E-state index contributed by atoms with van der Waals surface area (Å²) in [6.07, 6.45) is 2.07. The molecule has 1 aromatic rings. The van der Waals surface area contributed by atoms with Crippen LogP contribution in [0.2, 0.25) is 0 Å². The number of rotatable bonds is 5. The maximum atomic E-state index is 10.7. The molecule has 0 saturated carbocycles. The van der Waals surface area contributed by atoms with Gasteiger partial charge in [0.25, 0.3) is 0 Å². The second-order valence-corrected chi connectivity index (χ2v) is 4.12. The molecule has 1 unspecified atom stereocenters. The Hall–Kier alpha value is -1.00. The molecule has 0 aliphatic heterocycles. The van der Waals surface area contributed by atoms with Crippen LogP contribution in [0.3, 0.4) is 0 Å². The van der Waals surface area contributed by atoms with E-state index in [4.69, 9.17) is 10.8 Å². The van der Waals surface area contributed by atoms with Crippen molar-refractivity contribution < 1.29 is 9.90 Å². The van der Waals surface area contributed by atoms with E-state index in [-0.39, 0.29) is 12.3 Å². The molecule has 0 aliphatic carbocycles. The number of nitrogens with two attached hydrogens (primary N) is 1. The molecule has 3 N–H and O–H groups in total. The summed E-state index contributed by atoms with van der Waals surface area (Å²) in [6.45, 7) is 0.365. The van der Waals surface area contributed by atoms with Crippen molar-refractivity contribution in [3.63, 3.8) is 0 Å². The predicted octanol–water partition coefficient (Wildman–Crippen LogP) is 1.93. The van der Waals surface area contributed by atoms with Crippen LogP contribution in [0.5, 0.6) is 0 Å². The molecule has 1 aromatic carbocycles. The Balaban J connectivity index is 2.95. The average Bonchev–Trinajstić information content (AvgIpc) is 2.25. The van der Waals surface area contributed by atoms with E-state index < -0.39 is 5.97 Å². The van der Waals surface area contributed by atoms with E-state index >= 15 is 0 Å². The van der Waals surface area contributed by atoms with Gasteiger partial charge in [-0.1, -0.05) is 18.2 Å². The van der Waals surface area contributed by atoms with E-state index in [0.29, 0.717) is 6.54 Å². The van der Waals surface area contributed by atoms with Gasteiger partial charge in [0.2, 0.25) is 0 Å². The van der Waals surface area contributed by atoms with Gasteiger partial charge in [-0.3, -0.25) is 4.79 Å². The largest absolute Gasteiger partial charge is 0.481 e. The lowest BCUT2D eigenvalue weighted by molar-refractivity contribution is -0.137. The fourth-order valence-corrected chi connectivity index (χ4v) is 2.22. The zero-order valence-corrected chi connectivity index (χ0v) is 9.46. The fraction of sp³-hybridized carbons (Fsp3) is 0.364. The highest BCUT2D eigenvalue weighted by Gasteiger charge is 2.16. The minimum absolute atomic E-state index is 0.0913. The monoisotopic (exact) mass is 225 g/mol. The molecule has 3 nitrogen and oxygen atoms in total. The smallest absolute Gasteiger partial charge is 0.304 e. The van der Waals surface area contributed by atoms with Gasteiger partial charge in [0.05, 0.1) is 6.42 Å². The highest BCUT2D eigenvalue weighted by molar-refractivity contribution is 7.98. The molecule has 0 bridgehead atoms. The van der Waals surface area contributed by atoms with Gasteiger partial charge in [-0.05, 0) is 24.4 Å². The fourth-order valence-electron chi connectivity index (χ4n) is 1.53. The first-order valence-electron chi connectivity index (χ1n) is 4.73. The zero-order chi connectivity index (χ0) is 11.3. The molecule has 0 radical (unpaired) electrons. The first-order valence-corrected chi connectivity index (χ1v) is 5.96. The second kappa shape index (κ2) is 5.78. The quantitative estimate of drug-likeness (QED) is 0.751. The van der Waals surface area contributed by atoms with Crippen molar-refractivity contribution in [2.24, 2.45) is 5.73 Å². The van der Waals surface area contributed by atoms with Crippen LogP contribution in [-0.4, -0.2) is 23.9 Å². The Kier molecular flexibility index (Phi) is 4.65. The zero-order valence-electron chi connectivity index (χ0n) is 8.64. The van der Waals surface area contributed by atoms with Crippen molar-refractivity contribution in [3.8, 4) is 0 Å². The minimum Gasteiger partial charge on any atom is -0.481 e. The third-order valence-corrected chi connectivity index (χ3v) is 3.10. The number of carboxylic acid groups (broad SMARTS) is 1. The van der Waals surface area contributed by atoms with E-state index in [1.54, 1.807) is 11.8 Å². The van der Waals surface area contributed by atoms with Gasteiger partial charge >= 0.3 is 5.97 Å². The summed E-state index contributed by atoms with van der Waals surface area (Å²) in [5.74, 6) is -0.896. The van der Waals surface area contributed by atoms with Crippen LogP contribution >= 0.6 is 11.8 Å². The maximum absolute atomic E-state index is 10.7. The molecule has 0 aromatic heterocycles. The lowest BCUT2D eigenvalue weighted by atomic mass is 9.96. The van der Waals surface area contributed by atoms with Crippen LogP contribution < -0.4 is 5.73 Å². The Bertz CT molecular complexity index is 341. The van der Waals surface area contributed by atoms with E-state index in [2.05, 4.69) is 0 Å². The molecular formula is C11H15NO2S. The standard InChI is InChI=1S/C11H15NO2S/c1-15-10-5-3-2-4-9(10)8(7-12)6-11(13)14/h2-5,8H,6-7,12H2,1H3,(H,13,14). The van der Waals surface area contributed by atoms with Gasteiger partial charge in [-0.2, -0.15) is 0 Å². The van der Waals surface area contributed by atoms with Crippen molar-refractivity contribution in [1.82, 2.24) is 0 Å². The van der Waals surface area contributed by atoms with Crippen molar-refractivity contribution in [2.45, 2.75) is 17.2 Å². The summed E-state index contributed by atoms with van der Waals surface area (Å²) in [5, 5.41) is 8.78. The van der Waals surface area contributed by atoms with Crippen molar-refractivity contribution in [2.75, 3.05) is 12.8 Å². The Morgan fingerprint density at radius 1 is 1.53 bits per heavy atom. The molecule has 0 fully saturated rings. The topological polar surface area (TPSA) is 63.3 Å². The number of hydrogen-bond acceptors (Lipinski definition) is 3. The molecule has 1 atom stereocenters. The summed E-state index contributed by atoms with van der Waals surface area (Å²) in [7, 11) is 0. The van der Waals surface area contributed by atoms with Crippen LogP contribution in [0.15, 0.2) is 29.2 Å². The third-order valence-electron chi connectivity index (χ3n) is 2.28. The van der Waals surface area contributed by atoms with Crippen LogP contribution in [0, 0.1) is 0 Å². The lowest BCUT2D eigenvalue weighted by Gasteiger charge is -2.15. The highest BCUT2D eigenvalue weighted by Crippen LogP contribution is 2.28. The summed E-state index contributed by atoms with van der Waals surface area (Å²) in [4.78, 5) is 11.8. The van der Waals surface area contributed by atoms with Gasteiger partial charge in [-0.25, -0.2) is 0 Å². The van der Waals surface area contributed by atoms with Gasteiger partial charge in [0.15, 0.2) is 0 Å². The maximum Gasteiger partial charge on any atom is 0.304 e. The first kappa shape index (κ1) is 12.1. The number of carbonyl (C=O) groups is 1. The van der Waals surface area contributed by atoms with E-state index in [0.717, 1.165) is 10.5 Å². The normalized spacial score (nSPS) is 12.4. The number of carboxylic acids is 1. The van der Waals surface area contributed by atoms with Crippen LogP contribution in [-0.2, 0) is 4.79 Å². The molecule has 0 heterocycles. The van der Waals surface area contributed by atoms with Crippen LogP contribution in [0.25, 0.3) is 0 Å². The molecule has 4 heteroatoms. The van der Waals surface area contributed by atoms with E-state index in [1.165, 1.54) is 0 Å². The third kappa shape index (κ3) is 3.25. The molecule has 0 spiro atoms.